The second kappa shape index (κ2) is 15.5. The molecule has 0 saturated carbocycles. The number of nitrogens with zero attached hydrogens (tertiary/aromatic N) is 3. The molecule has 3 aromatic carbocycles. The summed E-state index contributed by atoms with van der Waals surface area (Å²) in [6, 6.07) is 21.7. The van der Waals surface area contributed by atoms with Crippen LogP contribution in [0.1, 0.15) is 73.3 Å². The Morgan fingerprint density at radius 2 is 1.58 bits per heavy atom. The summed E-state index contributed by atoms with van der Waals surface area (Å²) >= 11 is 0. The lowest BCUT2D eigenvalue weighted by Gasteiger charge is -2.44. The van der Waals surface area contributed by atoms with Gasteiger partial charge in [-0.05, 0) is 54.5 Å². The van der Waals surface area contributed by atoms with Crippen LogP contribution in [0.2, 0.25) is 0 Å². The van der Waals surface area contributed by atoms with Crippen LogP contribution in [-0.2, 0) is 32.2 Å². The molecule has 282 valence electrons. The summed E-state index contributed by atoms with van der Waals surface area (Å²) in [5.74, 6) is -2.63. The Morgan fingerprint density at radius 3 is 2.28 bits per heavy atom. The first kappa shape index (κ1) is 36.8. The number of piperidine rings is 1. The molecule has 3 N–H and O–H groups in total. The maximum Gasteiger partial charge on any atom is 0.471 e. The van der Waals surface area contributed by atoms with E-state index in [9.17, 15) is 32.7 Å². The van der Waals surface area contributed by atoms with Crippen LogP contribution in [0.3, 0.4) is 0 Å². The Kier molecular flexibility index (Phi) is 10.7. The number of likely N-dealkylation sites (tertiary alicyclic amines) is 2. The summed E-state index contributed by atoms with van der Waals surface area (Å²) in [6.07, 6.45) is -4.09. The fourth-order valence-electron chi connectivity index (χ4n) is 7.92. The molecule has 2 amide bonds. The molecule has 11 nitrogen and oxygen atoms in total. The molecule has 53 heavy (non-hydrogen) atoms. The van der Waals surface area contributed by atoms with Crippen molar-refractivity contribution < 1.29 is 37.3 Å². The van der Waals surface area contributed by atoms with Crippen LogP contribution in [0, 0.1) is 5.92 Å². The minimum Gasteiger partial charge on any atom is -0.392 e. The fraction of sp³-hybridized carbons (Fsp3) is 0.462. The monoisotopic (exact) mass is 735 g/mol. The maximum atomic E-state index is 13.0. The number of ether oxygens (including phenoxy) is 2. The molecule has 0 aliphatic carbocycles. The average molecular weight is 736 g/mol. The van der Waals surface area contributed by atoms with Gasteiger partial charge in [0.25, 0.3) is 0 Å². The number of aliphatic hydroxyl groups excluding tert-OH is 1. The quantitative estimate of drug-likeness (QED) is 0.218. The number of alkyl halides is 3. The average Bonchev–Trinajstić information content (AvgIpc) is 3.79. The topological polar surface area (TPSA) is 129 Å². The SMILES string of the molecule is C[C@@H]1[C@H](CN2CCC(n3c(=O)[nH]c4ccccc43)CC2)O[C@H](c2ccc(CNC(=O)[C@@H]3CCCN3C(=O)C(F)(F)F)cc2)O[C@@H]1c1ccc(CO)cc1. The number of amides is 2. The van der Waals surface area contributed by atoms with Crippen molar-refractivity contribution in [3.8, 4) is 0 Å². The van der Waals surface area contributed by atoms with Gasteiger partial charge in [0, 0.05) is 50.2 Å². The number of halogens is 3. The minimum atomic E-state index is -5.03. The number of fused-ring (bicyclic) bond motifs is 1. The standard InChI is InChI=1S/C39H44F3N5O6/c1-24-33(22-45-19-16-29(17-20-45)47-31-6-3-2-5-30(31)44-38(47)51)52-36(53-34(24)27-12-10-26(23-48)11-13-27)28-14-8-25(9-15-28)21-43-35(49)32-7-4-18-46(32)37(50)39(40,41)42/h2-3,5-6,8-15,24,29,32-34,36,48H,4,7,16-23H2,1H3,(H,43,49)(H,44,51)/t24-,32+,33+,34+,36+/m1/s1. The van der Waals surface area contributed by atoms with Crippen LogP contribution < -0.4 is 11.0 Å². The van der Waals surface area contributed by atoms with Crippen LogP contribution >= 0.6 is 0 Å². The Labute approximate surface area is 304 Å². The van der Waals surface area contributed by atoms with E-state index >= 15 is 0 Å². The number of hydrogen-bond acceptors (Lipinski definition) is 7. The first-order valence-electron chi connectivity index (χ1n) is 18.2. The second-order valence-corrected chi connectivity index (χ2v) is 14.3. The molecule has 4 heterocycles. The third-order valence-electron chi connectivity index (χ3n) is 10.9. The van der Waals surface area contributed by atoms with Crippen LogP contribution in [0.15, 0.2) is 77.6 Å². The van der Waals surface area contributed by atoms with Crippen molar-refractivity contribution in [3.63, 3.8) is 0 Å². The number of rotatable bonds is 9. The van der Waals surface area contributed by atoms with Gasteiger partial charge in [0.15, 0.2) is 6.29 Å². The Morgan fingerprint density at radius 1 is 0.906 bits per heavy atom. The molecule has 3 saturated heterocycles. The van der Waals surface area contributed by atoms with Gasteiger partial charge in [0.05, 0.1) is 29.8 Å². The van der Waals surface area contributed by atoms with E-state index in [0.29, 0.717) is 17.9 Å². The molecular formula is C39H44F3N5O6. The summed E-state index contributed by atoms with van der Waals surface area (Å²) in [6.45, 7) is 4.29. The lowest BCUT2D eigenvalue weighted by molar-refractivity contribution is -0.276. The second-order valence-electron chi connectivity index (χ2n) is 14.3. The van der Waals surface area contributed by atoms with Crippen molar-refractivity contribution in [1.29, 1.82) is 0 Å². The number of hydrogen-bond donors (Lipinski definition) is 3. The van der Waals surface area contributed by atoms with E-state index in [1.54, 1.807) is 0 Å². The molecule has 3 fully saturated rings. The van der Waals surface area contributed by atoms with Gasteiger partial charge in [-0.3, -0.25) is 14.2 Å². The highest BCUT2D eigenvalue weighted by Crippen LogP contribution is 2.42. The van der Waals surface area contributed by atoms with Gasteiger partial charge in [-0.1, -0.05) is 67.6 Å². The summed E-state index contributed by atoms with van der Waals surface area (Å²) in [4.78, 5) is 43.4. The van der Waals surface area contributed by atoms with Crippen molar-refractivity contribution in [3.05, 3.63) is 106 Å². The van der Waals surface area contributed by atoms with E-state index in [4.69, 9.17) is 9.47 Å². The number of H-pyrrole nitrogens is 1. The van der Waals surface area contributed by atoms with E-state index < -0.39 is 30.3 Å². The van der Waals surface area contributed by atoms with Gasteiger partial charge in [-0.25, -0.2) is 4.79 Å². The van der Waals surface area contributed by atoms with Crippen molar-refractivity contribution in [2.24, 2.45) is 5.92 Å². The molecule has 5 atom stereocenters. The zero-order valence-electron chi connectivity index (χ0n) is 29.4. The van der Waals surface area contributed by atoms with Gasteiger partial charge in [0.1, 0.15) is 6.04 Å². The van der Waals surface area contributed by atoms with E-state index in [1.165, 1.54) is 0 Å². The molecule has 0 bridgehead atoms. The normalized spacial score (nSPS) is 24.5. The first-order valence-corrected chi connectivity index (χ1v) is 18.2. The third-order valence-corrected chi connectivity index (χ3v) is 10.9. The third kappa shape index (κ3) is 7.91. The van der Waals surface area contributed by atoms with Crippen molar-refractivity contribution in [1.82, 2.24) is 24.7 Å². The number of nitrogens with one attached hydrogen (secondary N) is 2. The largest absolute Gasteiger partial charge is 0.471 e. The molecule has 0 spiro atoms. The number of para-hydroxylation sites is 2. The van der Waals surface area contributed by atoms with E-state index in [-0.39, 0.29) is 56.0 Å². The predicted octanol–water partition coefficient (Wildman–Crippen LogP) is 5.12. The number of aliphatic hydroxyl groups is 1. The Bertz CT molecular complexity index is 1960. The number of aromatic amines is 1. The maximum absolute atomic E-state index is 13.0. The van der Waals surface area contributed by atoms with Crippen LogP contribution in [-0.4, -0.2) is 80.8 Å². The molecular weight excluding hydrogens is 691 g/mol. The number of aromatic nitrogens is 2. The zero-order valence-corrected chi connectivity index (χ0v) is 29.4. The smallest absolute Gasteiger partial charge is 0.392 e. The zero-order chi connectivity index (χ0) is 37.3. The van der Waals surface area contributed by atoms with Crippen LogP contribution in [0.25, 0.3) is 11.0 Å². The number of imidazole rings is 1. The van der Waals surface area contributed by atoms with Crippen LogP contribution in [0.5, 0.6) is 0 Å². The molecule has 0 unspecified atom stereocenters. The lowest BCUT2D eigenvalue weighted by Crippen LogP contribution is -2.50. The fourth-order valence-corrected chi connectivity index (χ4v) is 7.92. The molecule has 3 aliphatic rings. The van der Waals surface area contributed by atoms with E-state index in [1.807, 2.05) is 77.4 Å². The number of carbonyl (C=O) groups excluding carboxylic acids is 2. The Hall–Kier alpha value is -4.50. The van der Waals surface area contributed by atoms with Gasteiger partial charge >= 0.3 is 17.8 Å². The van der Waals surface area contributed by atoms with Crippen molar-refractivity contribution in [2.45, 2.75) is 82.5 Å². The summed E-state index contributed by atoms with van der Waals surface area (Å²) < 4.78 is 54.3. The molecule has 7 rings (SSSR count). The van der Waals surface area contributed by atoms with E-state index in [2.05, 4.69) is 22.1 Å². The minimum absolute atomic E-state index is 0.0194. The van der Waals surface area contributed by atoms with Gasteiger partial charge in [-0.15, -0.1) is 0 Å². The van der Waals surface area contributed by atoms with Gasteiger partial charge in [0.2, 0.25) is 5.91 Å². The molecule has 0 radical (unpaired) electrons. The molecule has 3 aliphatic heterocycles. The van der Waals surface area contributed by atoms with Crippen LogP contribution in [0.4, 0.5) is 13.2 Å². The number of carbonyl (C=O) groups is 2. The molecule has 4 aromatic rings. The van der Waals surface area contributed by atoms with E-state index in [0.717, 1.165) is 59.2 Å². The highest BCUT2D eigenvalue weighted by atomic mass is 19.4. The highest BCUT2D eigenvalue weighted by Gasteiger charge is 2.47. The summed E-state index contributed by atoms with van der Waals surface area (Å²) in [5.41, 5.74) is 4.93. The highest BCUT2D eigenvalue weighted by molar-refractivity contribution is 5.90. The predicted molar refractivity (Wildman–Crippen MR) is 189 cm³/mol. The molecule has 1 aromatic heterocycles. The van der Waals surface area contributed by atoms with Crippen molar-refractivity contribution in [2.75, 3.05) is 26.2 Å². The lowest BCUT2D eigenvalue weighted by atomic mass is 9.89. The summed E-state index contributed by atoms with van der Waals surface area (Å²) in [5, 5.41) is 12.3. The van der Waals surface area contributed by atoms with Gasteiger partial charge in [-0.2, -0.15) is 13.2 Å². The Balaban J connectivity index is 1.02. The molecule has 14 heteroatoms. The summed E-state index contributed by atoms with van der Waals surface area (Å²) in [7, 11) is 0. The first-order chi connectivity index (χ1) is 25.5. The van der Waals surface area contributed by atoms with Gasteiger partial charge < -0.3 is 34.7 Å². The number of benzene rings is 3. The van der Waals surface area contributed by atoms with Crippen molar-refractivity contribution >= 4 is 22.8 Å².